The molecule has 0 unspecified atom stereocenters. The third kappa shape index (κ3) is 3.38. The number of carbonyl (C=O) groups excluding carboxylic acids is 1. The molecule has 2 aromatic heterocycles. The smallest absolute Gasteiger partial charge is 0.309 e. The molecule has 0 radical (unpaired) electrons. The van der Waals surface area contributed by atoms with Crippen molar-refractivity contribution >= 4 is 44.5 Å². The molecule has 0 saturated carbocycles. The van der Waals surface area contributed by atoms with Crippen molar-refractivity contribution in [3.05, 3.63) is 62.9 Å². The monoisotopic (exact) mass is 455 g/mol. The summed E-state index contributed by atoms with van der Waals surface area (Å²) in [5, 5.41) is 5.19. The van der Waals surface area contributed by atoms with Gasteiger partial charge in [-0.2, -0.15) is 9.67 Å². The Balaban J connectivity index is 1.94. The maximum atomic E-state index is 12.7. The van der Waals surface area contributed by atoms with Gasteiger partial charge in [-0.25, -0.2) is 4.40 Å². The van der Waals surface area contributed by atoms with E-state index in [4.69, 9.17) is 4.74 Å². The molecular formula is C20H18BrN5O3. The molecule has 0 saturated heterocycles. The van der Waals surface area contributed by atoms with Crippen molar-refractivity contribution in [2.45, 2.75) is 6.42 Å². The maximum absolute atomic E-state index is 12.7. The van der Waals surface area contributed by atoms with E-state index in [9.17, 15) is 9.59 Å². The minimum absolute atomic E-state index is 0.191. The molecule has 148 valence electrons. The van der Waals surface area contributed by atoms with E-state index in [1.165, 1.54) is 7.11 Å². The predicted molar refractivity (Wildman–Crippen MR) is 114 cm³/mol. The summed E-state index contributed by atoms with van der Waals surface area (Å²) in [4.78, 5) is 30.3. The van der Waals surface area contributed by atoms with Gasteiger partial charge in [0.2, 0.25) is 11.7 Å². The van der Waals surface area contributed by atoms with Gasteiger partial charge in [0.1, 0.15) is 0 Å². The van der Waals surface area contributed by atoms with E-state index >= 15 is 0 Å². The Morgan fingerprint density at radius 2 is 1.90 bits per heavy atom. The summed E-state index contributed by atoms with van der Waals surface area (Å²) in [6.07, 6.45) is 0.191. The van der Waals surface area contributed by atoms with E-state index in [0.29, 0.717) is 17.1 Å². The number of esters is 1. The summed E-state index contributed by atoms with van der Waals surface area (Å²) in [5.41, 5.74) is 1.95. The van der Waals surface area contributed by atoms with E-state index in [-0.39, 0.29) is 17.9 Å². The summed E-state index contributed by atoms with van der Waals surface area (Å²) in [6.45, 7) is 0. The number of benzene rings is 2. The number of hydrogen-bond acceptors (Lipinski definition) is 6. The van der Waals surface area contributed by atoms with Crippen molar-refractivity contribution in [2.24, 2.45) is 0 Å². The minimum atomic E-state index is -0.324. The number of carbonyl (C=O) groups is 1. The first kappa shape index (κ1) is 19.1. The Morgan fingerprint density at radius 3 is 2.55 bits per heavy atom. The van der Waals surface area contributed by atoms with Crippen LogP contribution in [0.15, 0.2) is 51.7 Å². The van der Waals surface area contributed by atoms with Crippen molar-refractivity contribution in [3.63, 3.8) is 0 Å². The molecule has 0 amide bonds. The van der Waals surface area contributed by atoms with E-state index in [1.807, 2.05) is 59.8 Å². The molecule has 0 atom stereocenters. The van der Waals surface area contributed by atoms with Gasteiger partial charge in [0, 0.05) is 18.6 Å². The molecular weight excluding hydrogens is 438 g/mol. The Hall–Kier alpha value is -3.20. The topological polar surface area (TPSA) is 81.7 Å². The fourth-order valence-electron chi connectivity index (χ4n) is 3.16. The molecule has 2 aromatic carbocycles. The van der Waals surface area contributed by atoms with Crippen molar-refractivity contribution in [1.82, 2.24) is 19.2 Å². The quantitative estimate of drug-likeness (QED) is 0.439. The van der Waals surface area contributed by atoms with Crippen LogP contribution in [0.5, 0.6) is 0 Å². The van der Waals surface area contributed by atoms with Crippen LogP contribution < -0.4 is 10.5 Å². The van der Waals surface area contributed by atoms with E-state index in [0.717, 1.165) is 21.2 Å². The third-order valence-corrected chi connectivity index (χ3v) is 5.06. The predicted octanol–water partition coefficient (Wildman–Crippen LogP) is 2.58. The largest absolute Gasteiger partial charge is 0.469 e. The van der Waals surface area contributed by atoms with Gasteiger partial charge >= 0.3 is 5.97 Å². The molecule has 8 nitrogen and oxygen atoms in total. The molecule has 4 aromatic rings. The van der Waals surface area contributed by atoms with Gasteiger partial charge in [-0.05, 0) is 35.9 Å². The van der Waals surface area contributed by atoms with Gasteiger partial charge in [0.15, 0.2) is 0 Å². The molecule has 0 aliphatic heterocycles. The van der Waals surface area contributed by atoms with Gasteiger partial charge in [0.05, 0.1) is 30.1 Å². The van der Waals surface area contributed by atoms with Gasteiger partial charge in [-0.1, -0.05) is 28.1 Å². The normalized spacial score (nSPS) is 11.2. The summed E-state index contributed by atoms with van der Waals surface area (Å²) >= 11 is 3.41. The van der Waals surface area contributed by atoms with Crippen LogP contribution in [0.25, 0.3) is 22.4 Å². The van der Waals surface area contributed by atoms with Crippen LogP contribution in [0.2, 0.25) is 0 Å². The molecule has 0 spiro atoms. The number of halogens is 1. The summed E-state index contributed by atoms with van der Waals surface area (Å²) in [7, 11) is 5.13. The Morgan fingerprint density at radius 1 is 1.17 bits per heavy atom. The van der Waals surface area contributed by atoms with Crippen LogP contribution >= 0.6 is 15.9 Å². The van der Waals surface area contributed by atoms with Crippen molar-refractivity contribution in [1.29, 1.82) is 0 Å². The lowest BCUT2D eigenvalue weighted by atomic mass is 10.1. The lowest BCUT2D eigenvalue weighted by Crippen LogP contribution is -2.15. The fraction of sp³-hybridized carbons (Fsp3) is 0.200. The van der Waals surface area contributed by atoms with Gasteiger partial charge in [0.25, 0.3) is 5.56 Å². The number of aromatic nitrogens is 4. The molecule has 9 heteroatoms. The molecule has 0 aliphatic carbocycles. The molecule has 0 N–H and O–H groups in total. The van der Waals surface area contributed by atoms with Crippen molar-refractivity contribution < 1.29 is 9.53 Å². The second-order valence-corrected chi connectivity index (χ2v) is 7.66. The molecule has 0 fully saturated rings. The van der Waals surface area contributed by atoms with Crippen LogP contribution in [0.1, 0.15) is 5.56 Å². The van der Waals surface area contributed by atoms with Crippen LogP contribution in [-0.4, -0.2) is 46.3 Å². The summed E-state index contributed by atoms with van der Waals surface area (Å²) < 4.78 is 8.99. The highest BCUT2D eigenvalue weighted by molar-refractivity contribution is 9.10. The number of nitrogens with zero attached hydrogens (tertiary/aromatic N) is 5. The lowest BCUT2D eigenvalue weighted by molar-refractivity contribution is -0.139. The zero-order chi connectivity index (χ0) is 20.7. The molecule has 0 bridgehead atoms. The first-order valence-electron chi connectivity index (χ1n) is 8.83. The number of methoxy groups -OCH3 is 1. The third-order valence-electron chi connectivity index (χ3n) is 4.57. The Bertz CT molecular complexity index is 1290. The van der Waals surface area contributed by atoms with Crippen molar-refractivity contribution in [3.8, 4) is 5.69 Å². The standard InChI is InChI=1S/C20H18BrN5O3/c1-24(2)20-23-26(14-7-4-12(5-8-14)10-17(27)29-3)19-22-18(28)15-11-13(21)6-9-16(15)25(19)20/h4-9,11H,10H2,1-3H3. The second kappa shape index (κ2) is 7.32. The maximum Gasteiger partial charge on any atom is 0.309 e. The van der Waals surface area contributed by atoms with Gasteiger partial charge in [-0.15, -0.1) is 5.10 Å². The average Bonchev–Trinajstić information content (AvgIpc) is 3.08. The number of hydrogen-bond donors (Lipinski definition) is 0. The molecule has 29 heavy (non-hydrogen) atoms. The lowest BCUT2D eigenvalue weighted by Gasteiger charge is -2.10. The van der Waals surface area contributed by atoms with E-state index in [1.54, 1.807) is 10.7 Å². The SMILES string of the molecule is COC(=O)Cc1ccc(-n2nc(N(C)C)n3c4ccc(Br)cc4c(=O)nc23)cc1. The molecule has 0 aliphatic rings. The summed E-state index contributed by atoms with van der Waals surface area (Å²) in [6, 6.07) is 12.8. The highest BCUT2D eigenvalue weighted by Gasteiger charge is 2.18. The number of rotatable bonds is 4. The summed E-state index contributed by atoms with van der Waals surface area (Å²) in [5.74, 6) is 0.746. The van der Waals surface area contributed by atoms with E-state index < -0.39 is 0 Å². The van der Waals surface area contributed by atoms with Gasteiger partial charge in [-0.3, -0.25) is 9.59 Å². The average molecular weight is 456 g/mol. The van der Waals surface area contributed by atoms with Gasteiger partial charge < -0.3 is 9.64 Å². The highest BCUT2D eigenvalue weighted by atomic mass is 79.9. The van der Waals surface area contributed by atoms with E-state index in [2.05, 4.69) is 26.0 Å². The zero-order valence-corrected chi connectivity index (χ0v) is 17.7. The number of fused-ring (bicyclic) bond motifs is 3. The van der Waals surface area contributed by atoms with Crippen LogP contribution in [0, 0.1) is 0 Å². The highest BCUT2D eigenvalue weighted by Crippen LogP contribution is 2.24. The first-order chi connectivity index (χ1) is 13.9. The minimum Gasteiger partial charge on any atom is -0.469 e. The fourth-order valence-corrected chi connectivity index (χ4v) is 3.52. The first-order valence-corrected chi connectivity index (χ1v) is 9.63. The van der Waals surface area contributed by atoms with Crippen LogP contribution in [0.3, 0.4) is 0 Å². The number of ether oxygens (including phenoxy) is 1. The Kier molecular flexibility index (Phi) is 4.83. The Labute approximate surface area is 174 Å². The van der Waals surface area contributed by atoms with Crippen molar-refractivity contribution in [2.75, 3.05) is 26.1 Å². The molecule has 2 heterocycles. The molecule has 4 rings (SSSR count). The van der Waals surface area contributed by atoms with Crippen LogP contribution in [-0.2, 0) is 16.0 Å². The number of anilines is 1. The van der Waals surface area contributed by atoms with Crippen LogP contribution in [0.4, 0.5) is 5.95 Å². The zero-order valence-electron chi connectivity index (χ0n) is 16.1. The second-order valence-electron chi connectivity index (χ2n) is 6.74.